The van der Waals surface area contributed by atoms with E-state index in [4.69, 9.17) is 20.4 Å². The van der Waals surface area contributed by atoms with Gasteiger partial charge in [0.05, 0.1) is 0 Å². The Balaban J connectivity index is 0.000000479. The highest BCUT2D eigenvalue weighted by atomic mass is 19.4. The predicted molar refractivity (Wildman–Crippen MR) is 131 cm³/mol. The summed E-state index contributed by atoms with van der Waals surface area (Å²) in [6.45, 7) is 2.39. The Morgan fingerprint density at radius 3 is 2.11 bits per heavy atom. The minimum absolute atomic E-state index is 0.0513. The summed E-state index contributed by atoms with van der Waals surface area (Å²) in [6.07, 6.45) is -1.73. The molecule has 0 atom stereocenters. The van der Waals surface area contributed by atoms with Crippen LogP contribution < -0.4 is 15.8 Å². The molecule has 1 aliphatic carbocycles. The molecule has 0 fully saturated rings. The summed E-state index contributed by atoms with van der Waals surface area (Å²) < 4.78 is 37.5. The second-order valence-electron chi connectivity index (χ2n) is 8.17. The van der Waals surface area contributed by atoms with Gasteiger partial charge in [-0.1, -0.05) is 36.4 Å². The van der Waals surface area contributed by atoms with Gasteiger partial charge in [0.15, 0.2) is 11.5 Å². The number of allylic oxidation sites excluding steroid dienone is 2. The van der Waals surface area contributed by atoms with Crippen molar-refractivity contribution < 1.29 is 37.4 Å². The topological polar surface area (TPSA) is 119 Å². The van der Waals surface area contributed by atoms with E-state index in [1.807, 2.05) is 48.5 Å². The van der Waals surface area contributed by atoms with Crippen molar-refractivity contribution in [3.8, 4) is 5.75 Å². The van der Waals surface area contributed by atoms with Crippen LogP contribution in [0.4, 0.5) is 13.2 Å². The van der Waals surface area contributed by atoms with E-state index >= 15 is 0 Å². The Morgan fingerprint density at radius 2 is 1.54 bits per heavy atom. The van der Waals surface area contributed by atoms with Crippen molar-refractivity contribution in [1.82, 2.24) is 5.32 Å². The van der Waals surface area contributed by atoms with Crippen molar-refractivity contribution in [3.05, 3.63) is 89.2 Å². The van der Waals surface area contributed by atoms with Crippen LogP contribution in [0.5, 0.6) is 5.75 Å². The van der Waals surface area contributed by atoms with Crippen LogP contribution in [0, 0.1) is 0 Å². The summed E-state index contributed by atoms with van der Waals surface area (Å²) >= 11 is 0. The first-order chi connectivity index (χ1) is 17.6. The molecule has 7 nitrogen and oxygen atoms in total. The molecule has 3 aromatic carbocycles. The van der Waals surface area contributed by atoms with Gasteiger partial charge >= 0.3 is 12.1 Å². The van der Waals surface area contributed by atoms with Gasteiger partial charge in [-0.3, -0.25) is 9.59 Å². The van der Waals surface area contributed by atoms with E-state index in [2.05, 4.69) is 5.32 Å². The highest BCUT2D eigenvalue weighted by molar-refractivity contribution is 6.25. The summed E-state index contributed by atoms with van der Waals surface area (Å²) in [5, 5.41) is 12.3. The summed E-state index contributed by atoms with van der Waals surface area (Å²) in [6, 6.07) is 18.7. The largest absolute Gasteiger partial charge is 0.490 e. The zero-order valence-electron chi connectivity index (χ0n) is 19.7. The monoisotopic (exact) mass is 514 g/mol. The van der Waals surface area contributed by atoms with Gasteiger partial charge in [0, 0.05) is 23.7 Å². The van der Waals surface area contributed by atoms with Gasteiger partial charge in [0.1, 0.15) is 5.75 Å². The lowest BCUT2D eigenvalue weighted by molar-refractivity contribution is -0.192. The van der Waals surface area contributed by atoms with E-state index in [0.717, 1.165) is 42.3 Å². The summed E-state index contributed by atoms with van der Waals surface area (Å²) in [5.41, 5.74) is 7.41. The maximum absolute atomic E-state index is 12.9. The van der Waals surface area contributed by atoms with Gasteiger partial charge in [-0.25, -0.2) is 4.79 Å². The van der Waals surface area contributed by atoms with Crippen molar-refractivity contribution in [2.75, 3.05) is 13.1 Å². The van der Waals surface area contributed by atoms with Crippen molar-refractivity contribution >= 4 is 28.3 Å². The van der Waals surface area contributed by atoms with Crippen LogP contribution in [0.15, 0.2) is 72.5 Å². The number of Topliss-reactive ketones (excluding diaryl/α,β-unsaturated/α-hetero) is 1. The number of fused-ring (bicyclic) bond motifs is 2. The van der Waals surface area contributed by atoms with Crippen LogP contribution in [0.25, 0.3) is 10.8 Å². The quantitative estimate of drug-likeness (QED) is 0.375. The number of carboxylic acid groups (broad SMARTS) is 1. The van der Waals surface area contributed by atoms with E-state index in [1.165, 1.54) is 6.08 Å². The molecular weight excluding hydrogens is 489 g/mol. The summed E-state index contributed by atoms with van der Waals surface area (Å²) in [5.74, 6) is -2.67. The average Bonchev–Trinajstić information content (AvgIpc) is 2.87. The number of hydrogen-bond acceptors (Lipinski definition) is 6. The zero-order chi connectivity index (χ0) is 27.0. The lowest BCUT2D eigenvalue weighted by atomic mass is 9.90. The van der Waals surface area contributed by atoms with E-state index in [0.29, 0.717) is 23.4 Å². The van der Waals surface area contributed by atoms with Crippen LogP contribution in [0.3, 0.4) is 0 Å². The van der Waals surface area contributed by atoms with Crippen molar-refractivity contribution in [2.24, 2.45) is 5.73 Å². The Labute approximate surface area is 210 Å². The number of nitrogens with two attached hydrogens (primary N) is 1. The first kappa shape index (κ1) is 27.6. The van der Waals surface area contributed by atoms with Crippen molar-refractivity contribution in [3.63, 3.8) is 0 Å². The number of ether oxygens (including phenoxy) is 1. The lowest BCUT2D eigenvalue weighted by Crippen LogP contribution is -2.21. The molecule has 0 spiro atoms. The number of halogens is 3. The SMILES string of the molecule is NCCCCNCc1ccc(OC2=CC(=O)c3cc4ccccc4cc3C2=O)cc1.O=C(O)C(F)(F)F. The van der Waals surface area contributed by atoms with Crippen LogP contribution in [-0.2, 0) is 11.3 Å². The molecule has 0 aliphatic heterocycles. The number of carbonyl (C=O) groups excluding carboxylic acids is 2. The van der Waals surface area contributed by atoms with Crippen molar-refractivity contribution in [1.29, 1.82) is 0 Å². The number of aliphatic carboxylic acids is 1. The third-order valence-corrected chi connectivity index (χ3v) is 5.41. The molecule has 0 bridgehead atoms. The maximum atomic E-state index is 12.9. The van der Waals surface area contributed by atoms with Crippen LogP contribution in [-0.4, -0.2) is 41.9 Å². The van der Waals surface area contributed by atoms with E-state index in [9.17, 15) is 22.8 Å². The number of nitrogens with one attached hydrogen (secondary N) is 1. The minimum atomic E-state index is -5.08. The molecule has 0 radical (unpaired) electrons. The molecule has 10 heteroatoms. The molecule has 0 aromatic heterocycles. The molecule has 0 amide bonds. The van der Waals surface area contributed by atoms with Crippen LogP contribution in [0.1, 0.15) is 39.1 Å². The number of rotatable bonds is 8. The first-order valence-electron chi connectivity index (χ1n) is 11.4. The number of ketones is 2. The molecule has 3 aromatic rings. The maximum Gasteiger partial charge on any atom is 0.490 e. The number of benzene rings is 3. The zero-order valence-corrected chi connectivity index (χ0v) is 19.7. The fraction of sp³-hybridized carbons (Fsp3) is 0.222. The fourth-order valence-electron chi connectivity index (χ4n) is 3.53. The Morgan fingerprint density at radius 1 is 0.946 bits per heavy atom. The van der Waals surface area contributed by atoms with Crippen LogP contribution >= 0.6 is 0 Å². The minimum Gasteiger partial charge on any atom is -0.475 e. The summed E-state index contributed by atoms with van der Waals surface area (Å²) in [7, 11) is 0. The second kappa shape index (κ2) is 12.3. The molecule has 194 valence electrons. The van der Waals surface area contributed by atoms with Gasteiger partial charge in [0.2, 0.25) is 5.78 Å². The van der Waals surface area contributed by atoms with E-state index in [-0.39, 0.29) is 17.3 Å². The third-order valence-electron chi connectivity index (χ3n) is 5.41. The van der Waals surface area contributed by atoms with Gasteiger partial charge < -0.3 is 20.9 Å². The predicted octanol–water partition coefficient (Wildman–Crippen LogP) is 4.64. The van der Waals surface area contributed by atoms with E-state index in [1.54, 1.807) is 12.1 Å². The Kier molecular flexibility index (Phi) is 9.15. The van der Waals surface area contributed by atoms with Gasteiger partial charge in [-0.2, -0.15) is 13.2 Å². The number of carboxylic acids is 1. The second-order valence-corrected chi connectivity index (χ2v) is 8.17. The smallest absolute Gasteiger partial charge is 0.475 e. The summed E-state index contributed by atoms with van der Waals surface area (Å²) in [4.78, 5) is 34.4. The number of unbranched alkanes of at least 4 members (excludes halogenated alkanes) is 1. The fourth-order valence-corrected chi connectivity index (χ4v) is 3.53. The highest BCUT2D eigenvalue weighted by Crippen LogP contribution is 2.28. The van der Waals surface area contributed by atoms with Gasteiger partial charge in [-0.05, 0) is 66.5 Å². The molecule has 0 saturated heterocycles. The molecule has 4 N–H and O–H groups in total. The third kappa shape index (κ3) is 7.48. The molecule has 0 saturated carbocycles. The van der Waals surface area contributed by atoms with Gasteiger partial charge in [-0.15, -0.1) is 0 Å². The number of alkyl halides is 3. The molecular formula is C27H25F3N2O5. The highest BCUT2D eigenvalue weighted by Gasteiger charge is 2.38. The molecule has 0 unspecified atom stereocenters. The average molecular weight is 515 g/mol. The van der Waals surface area contributed by atoms with Crippen molar-refractivity contribution in [2.45, 2.75) is 25.6 Å². The Hall–Kier alpha value is -4.02. The van der Waals surface area contributed by atoms with Gasteiger partial charge in [0.25, 0.3) is 0 Å². The molecule has 37 heavy (non-hydrogen) atoms. The number of carbonyl (C=O) groups is 3. The molecule has 1 aliphatic rings. The normalized spacial score (nSPS) is 12.9. The first-order valence-corrected chi connectivity index (χ1v) is 11.4. The molecule has 4 rings (SSSR count). The molecule has 0 heterocycles. The lowest BCUT2D eigenvalue weighted by Gasteiger charge is -2.17. The van der Waals surface area contributed by atoms with E-state index < -0.39 is 12.1 Å². The number of hydrogen-bond donors (Lipinski definition) is 3. The van der Waals surface area contributed by atoms with Crippen LogP contribution in [0.2, 0.25) is 0 Å². The standard InChI is InChI=1S/C25H24N2O3.C2HF3O2/c26-11-3-4-12-27-16-17-7-9-20(10-8-17)30-24-15-23(28)21-13-18-5-1-2-6-19(18)14-22(21)25(24)29;3-2(4,5)1(6)7/h1-2,5-10,13-15,27H,3-4,11-12,16,26H2;(H,6,7). The Bertz CT molecular complexity index is 1320.